The summed E-state index contributed by atoms with van der Waals surface area (Å²) in [6.07, 6.45) is 3.40. The second-order valence-corrected chi connectivity index (χ2v) is 6.70. The minimum atomic E-state index is -0.670. The van der Waals surface area contributed by atoms with Crippen LogP contribution in [-0.2, 0) is 10.2 Å². The van der Waals surface area contributed by atoms with Gasteiger partial charge in [-0.3, -0.25) is 9.59 Å². The highest BCUT2D eigenvalue weighted by molar-refractivity contribution is 5.99. The first kappa shape index (κ1) is 18.0. The Balaban J connectivity index is 1.97. The Hall–Kier alpha value is -2.76. The highest BCUT2D eigenvalue weighted by atomic mass is 16.5. The van der Waals surface area contributed by atoms with Crippen LogP contribution in [0.5, 0.6) is 11.5 Å². The lowest BCUT2D eigenvalue weighted by atomic mass is 9.77. The SMILES string of the molecule is COc1ccc(C2(C(=O)Nc3ccc(C)[nH]c3=O)CCCC2)cc1OC. The molecule has 0 saturated heterocycles. The summed E-state index contributed by atoms with van der Waals surface area (Å²) in [6, 6.07) is 9.01. The van der Waals surface area contributed by atoms with Gasteiger partial charge < -0.3 is 19.8 Å². The molecule has 138 valence electrons. The predicted molar refractivity (Wildman–Crippen MR) is 100 cm³/mol. The van der Waals surface area contributed by atoms with Crippen LogP contribution < -0.4 is 20.3 Å². The van der Waals surface area contributed by atoms with Gasteiger partial charge in [0.25, 0.3) is 5.56 Å². The zero-order valence-electron chi connectivity index (χ0n) is 15.3. The van der Waals surface area contributed by atoms with Crippen molar-refractivity contribution < 1.29 is 14.3 Å². The Kier molecular flexibility index (Phi) is 5.02. The van der Waals surface area contributed by atoms with Crippen LogP contribution in [0, 0.1) is 6.92 Å². The summed E-state index contributed by atoms with van der Waals surface area (Å²) >= 11 is 0. The summed E-state index contributed by atoms with van der Waals surface area (Å²) in [5, 5.41) is 2.83. The van der Waals surface area contributed by atoms with E-state index in [-0.39, 0.29) is 17.2 Å². The Labute approximate surface area is 152 Å². The number of hydrogen-bond donors (Lipinski definition) is 2. The highest BCUT2D eigenvalue weighted by Crippen LogP contribution is 2.44. The van der Waals surface area contributed by atoms with E-state index >= 15 is 0 Å². The second-order valence-electron chi connectivity index (χ2n) is 6.70. The number of nitrogens with one attached hydrogen (secondary N) is 2. The van der Waals surface area contributed by atoms with Crippen LogP contribution in [0.1, 0.15) is 36.9 Å². The van der Waals surface area contributed by atoms with Gasteiger partial charge in [0.15, 0.2) is 11.5 Å². The standard InChI is InChI=1S/C20H24N2O4/c1-13-6-8-15(18(23)21-13)22-19(24)20(10-4-5-11-20)14-7-9-16(25-2)17(12-14)26-3/h6-9,12H,4-5,10-11H2,1-3H3,(H,21,23)(H,22,24). The van der Waals surface area contributed by atoms with E-state index in [9.17, 15) is 9.59 Å². The lowest BCUT2D eigenvalue weighted by Gasteiger charge is -2.29. The third kappa shape index (κ3) is 3.19. The van der Waals surface area contributed by atoms with E-state index < -0.39 is 5.41 Å². The summed E-state index contributed by atoms with van der Waals surface area (Å²) in [4.78, 5) is 28.0. The molecule has 1 aromatic heterocycles. The number of H-pyrrole nitrogens is 1. The van der Waals surface area contributed by atoms with Crippen molar-refractivity contribution in [2.24, 2.45) is 0 Å². The summed E-state index contributed by atoms with van der Waals surface area (Å²) in [6.45, 7) is 1.80. The Morgan fingerprint density at radius 2 is 1.77 bits per heavy atom. The monoisotopic (exact) mass is 356 g/mol. The van der Waals surface area contributed by atoms with Crippen molar-refractivity contribution in [1.29, 1.82) is 0 Å². The number of ether oxygens (including phenoxy) is 2. The molecule has 6 heteroatoms. The van der Waals surface area contributed by atoms with Crippen LogP contribution in [0.4, 0.5) is 5.69 Å². The normalized spacial score (nSPS) is 15.5. The Morgan fingerprint density at radius 3 is 2.38 bits per heavy atom. The molecular formula is C20H24N2O4. The molecule has 1 heterocycles. The molecular weight excluding hydrogens is 332 g/mol. The number of aryl methyl sites for hydroxylation is 1. The minimum Gasteiger partial charge on any atom is -0.493 e. The van der Waals surface area contributed by atoms with Crippen molar-refractivity contribution in [2.45, 2.75) is 38.0 Å². The van der Waals surface area contributed by atoms with E-state index in [2.05, 4.69) is 10.3 Å². The average molecular weight is 356 g/mol. The molecule has 3 rings (SSSR count). The van der Waals surface area contributed by atoms with Gasteiger partial charge in [0.2, 0.25) is 5.91 Å². The fourth-order valence-corrected chi connectivity index (χ4v) is 3.67. The highest BCUT2D eigenvalue weighted by Gasteiger charge is 2.43. The number of aromatic nitrogens is 1. The van der Waals surface area contributed by atoms with Gasteiger partial charge in [-0.2, -0.15) is 0 Å². The van der Waals surface area contributed by atoms with Crippen LogP contribution in [0.3, 0.4) is 0 Å². The number of rotatable bonds is 5. The van der Waals surface area contributed by atoms with Crippen LogP contribution in [0.2, 0.25) is 0 Å². The van der Waals surface area contributed by atoms with Gasteiger partial charge >= 0.3 is 0 Å². The summed E-state index contributed by atoms with van der Waals surface area (Å²) in [5.74, 6) is 1.06. The van der Waals surface area contributed by atoms with Crippen molar-refractivity contribution in [2.75, 3.05) is 19.5 Å². The summed E-state index contributed by atoms with van der Waals surface area (Å²) in [5.41, 5.74) is 0.944. The molecule has 1 aliphatic carbocycles. The summed E-state index contributed by atoms with van der Waals surface area (Å²) < 4.78 is 10.7. The van der Waals surface area contributed by atoms with Crippen molar-refractivity contribution in [3.8, 4) is 11.5 Å². The number of pyridine rings is 1. The molecule has 1 aliphatic rings. The van der Waals surface area contributed by atoms with E-state index in [0.717, 1.165) is 36.9 Å². The molecule has 6 nitrogen and oxygen atoms in total. The molecule has 1 saturated carbocycles. The molecule has 0 spiro atoms. The first-order valence-electron chi connectivity index (χ1n) is 8.74. The van der Waals surface area contributed by atoms with E-state index in [1.807, 2.05) is 18.2 Å². The van der Waals surface area contributed by atoms with E-state index in [0.29, 0.717) is 11.5 Å². The fraction of sp³-hybridized carbons (Fsp3) is 0.400. The molecule has 26 heavy (non-hydrogen) atoms. The van der Waals surface area contributed by atoms with Crippen LogP contribution in [-0.4, -0.2) is 25.1 Å². The van der Waals surface area contributed by atoms with Crippen molar-refractivity contribution >= 4 is 11.6 Å². The Bertz CT molecular complexity index is 866. The Morgan fingerprint density at radius 1 is 1.08 bits per heavy atom. The van der Waals surface area contributed by atoms with Crippen molar-refractivity contribution in [3.05, 3.63) is 51.9 Å². The predicted octanol–water partition coefficient (Wildman–Crippen LogP) is 3.15. The topological polar surface area (TPSA) is 80.4 Å². The molecule has 0 atom stereocenters. The molecule has 2 N–H and O–H groups in total. The molecule has 0 radical (unpaired) electrons. The number of hydrogen-bond acceptors (Lipinski definition) is 4. The molecule has 0 aliphatic heterocycles. The first-order chi connectivity index (χ1) is 12.5. The molecule has 0 bridgehead atoms. The molecule has 2 aromatic rings. The second kappa shape index (κ2) is 7.23. The molecule has 1 amide bonds. The molecule has 1 aromatic carbocycles. The molecule has 1 fully saturated rings. The molecule has 0 unspecified atom stereocenters. The maximum atomic E-state index is 13.2. The number of benzene rings is 1. The largest absolute Gasteiger partial charge is 0.493 e. The van der Waals surface area contributed by atoms with Gasteiger partial charge in [0.05, 0.1) is 19.6 Å². The number of anilines is 1. The lowest BCUT2D eigenvalue weighted by molar-refractivity contribution is -0.121. The maximum Gasteiger partial charge on any atom is 0.271 e. The van der Waals surface area contributed by atoms with Crippen LogP contribution >= 0.6 is 0 Å². The first-order valence-corrected chi connectivity index (χ1v) is 8.74. The van der Waals surface area contributed by atoms with Gasteiger partial charge in [0.1, 0.15) is 5.69 Å². The van der Waals surface area contributed by atoms with Crippen molar-refractivity contribution in [1.82, 2.24) is 4.98 Å². The minimum absolute atomic E-state index is 0.156. The van der Waals surface area contributed by atoms with E-state index in [1.165, 1.54) is 0 Å². The average Bonchev–Trinajstić information content (AvgIpc) is 3.14. The third-order valence-electron chi connectivity index (χ3n) is 5.13. The smallest absolute Gasteiger partial charge is 0.271 e. The fourth-order valence-electron chi connectivity index (χ4n) is 3.67. The number of aromatic amines is 1. The van der Waals surface area contributed by atoms with Crippen LogP contribution in [0.15, 0.2) is 35.1 Å². The van der Waals surface area contributed by atoms with Gasteiger partial charge in [0, 0.05) is 5.69 Å². The lowest BCUT2D eigenvalue weighted by Crippen LogP contribution is -2.39. The van der Waals surface area contributed by atoms with Gasteiger partial charge in [-0.25, -0.2) is 0 Å². The third-order valence-corrected chi connectivity index (χ3v) is 5.13. The zero-order valence-corrected chi connectivity index (χ0v) is 15.3. The van der Waals surface area contributed by atoms with Gasteiger partial charge in [-0.15, -0.1) is 0 Å². The van der Waals surface area contributed by atoms with Crippen LogP contribution in [0.25, 0.3) is 0 Å². The maximum absolute atomic E-state index is 13.2. The van der Waals surface area contributed by atoms with E-state index in [4.69, 9.17) is 9.47 Å². The number of methoxy groups -OCH3 is 2. The number of carbonyl (C=O) groups is 1. The number of amides is 1. The summed E-state index contributed by atoms with van der Waals surface area (Å²) in [7, 11) is 3.16. The quantitative estimate of drug-likeness (QED) is 0.862. The van der Waals surface area contributed by atoms with E-state index in [1.54, 1.807) is 33.3 Å². The van der Waals surface area contributed by atoms with Gasteiger partial charge in [-0.05, 0) is 49.6 Å². The van der Waals surface area contributed by atoms with Crippen molar-refractivity contribution in [3.63, 3.8) is 0 Å². The zero-order chi connectivity index (χ0) is 18.7. The van der Waals surface area contributed by atoms with Gasteiger partial charge in [-0.1, -0.05) is 18.9 Å². The number of carbonyl (C=O) groups excluding carboxylic acids is 1.